The predicted octanol–water partition coefficient (Wildman–Crippen LogP) is 2.89. The zero-order chi connectivity index (χ0) is 14.7. The van der Waals surface area contributed by atoms with E-state index in [0.29, 0.717) is 17.9 Å². The number of H-pyrrole nitrogens is 1. The second kappa shape index (κ2) is 5.70. The van der Waals surface area contributed by atoms with Gasteiger partial charge in [-0.05, 0) is 25.0 Å². The average Bonchev–Trinajstić information content (AvgIpc) is 2.83. The molecule has 0 bridgehead atoms. The molecule has 0 saturated carbocycles. The minimum Gasteiger partial charge on any atom is -0.404 e. The third-order valence-electron chi connectivity index (χ3n) is 3.18. The van der Waals surface area contributed by atoms with Gasteiger partial charge in [0.25, 0.3) is 5.91 Å². The molecule has 2 N–H and O–H groups in total. The molecule has 0 fully saturated rings. The first-order valence-corrected chi connectivity index (χ1v) is 6.58. The van der Waals surface area contributed by atoms with Gasteiger partial charge < -0.3 is 15.0 Å². The van der Waals surface area contributed by atoms with Gasteiger partial charge in [0.1, 0.15) is 11.8 Å². The molecule has 0 aliphatic carbocycles. The van der Waals surface area contributed by atoms with Crippen molar-refractivity contribution < 1.29 is 9.53 Å². The van der Waals surface area contributed by atoms with E-state index in [2.05, 4.69) is 22.3 Å². The van der Waals surface area contributed by atoms with Crippen molar-refractivity contribution in [1.29, 1.82) is 0 Å². The maximum atomic E-state index is 12.0. The lowest BCUT2D eigenvalue weighted by molar-refractivity contribution is 0.0957. The molecule has 1 aromatic carbocycles. The fraction of sp³-hybridized carbons (Fsp3) is 0.312. The van der Waals surface area contributed by atoms with Crippen LogP contribution >= 0.6 is 0 Å². The number of ether oxygens (including phenoxy) is 1. The van der Waals surface area contributed by atoms with Crippen LogP contribution in [0.3, 0.4) is 0 Å². The molecule has 0 unspecified atom stereocenters. The number of amides is 1. The summed E-state index contributed by atoms with van der Waals surface area (Å²) in [6.45, 7) is 5.93. The second-order valence-electron chi connectivity index (χ2n) is 4.59. The molecular weight excluding hydrogens is 252 g/mol. The largest absolute Gasteiger partial charge is 0.404 e. The van der Waals surface area contributed by atoms with Crippen LogP contribution in [-0.4, -0.2) is 17.9 Å². The SMILES string of the molecule is CCC#COc1c(C(=O)NC)[nH]c2c(C)ccc(C)c12. The molecule has 0 saturated heterocycles. The lowest BCUT2D eigenvalue weighted by Gasteiger charge is -2.02. The number of aromatic amines is 1. The Kier molecular flexibility index (Phi) is 3.99. The topological polar surface area (TPSA) is 54.1 Å². The molecule has 20 heavy (non-hydrogen) atoms. The molecule has 0 aliphatic heterocycles. The number of rotatable bonds is 2. The predicted molar refractivity (Wildman–Crippen MR) is 79.9 cm³/mol. The van der Waals surface area contributed by atoms with Gasteiger partial charge in [-0.15, -0.1) is 0 Å². The summed E-state index contributed by atoms with van der Waals surface area (Å²) in [7, 11) is 1.59. The third kappa shape index (κ3) is 2.35. The normalized spacial score (nSPS) is 10.0. The van der Waals surface area contributed by atoms with E-state index in [1.165, 1.54) is 0 Å². The van der Waals surface area contributed by atoms with E-state index in [1.54, 1.807) is 7.05 Å². The van der Waals surface area contributed by atoms with Crippen molar-refractivity contribution in [2.24, 2.45) is 0 Å². The molecule has 2 aromatic rings. The first kappa shape index (κ1) is 14.0. The number of carbonyl (C=O) groups excluding carboxylic acids is 1. The maximum absolute atomic E-state index is 12.0. The van der Waals surface area contributed by atoms with E-state index < -0.39 is 0 Å². The van der Waals surface area contributed by atoms with E-state index in [1.807, 2.05) is 32.9 Å². The molecule has 0 spiro atoms. The molecule has 0 atom stereocenters. The molecule has 1 heterocycles. The Bertz CT molecular complexity index is 717. The molecular formula is C16H18N2O2. The van der Waals surface area contributed by atoms with Crippen LogP contribution in [0, 0.1) is 25.9 Å². The van der Waals surface area contributed by atoms with Crippen LogP contribution in [0.25, 0.3) is 10.9 Å². The van der Waals surface area contributed by atoms with Gasteiger partial charge in [-0.1, -0.05) is 25.0 Å². The van der Waals surface area contributed by atoms with Crippen molar-refractivity contribution in [3.8, 4) is 17.8 Å². The Morgan fingerprint density at radius 2 is 2.05 bits per heavy atom. The van der Waals surface area contributed by atoms with Crippen LogP contribution in [-0.2, 0) is 0 Å². The van der Waals surface area contributed by atoms with Crippen LogP contribution < -0.4 is 10.1 Å². The summed E-state index contributed by atoms with van der Waals surface area (Å²) in [6, 6.07) is 4.03. The number of hydrogen-bond acceptors (Lipinski definition) is 2. The van der Waals surface area contributed by atoms with Gasteiger partial charge in [0.15, 0.2) is 5.75 Å². The molecule has 0 radical (unpaired) electrons. The van der Waals surface area contributed by atoms with Crippen molar-refractivity contribution in [2.75, 3.05) is 7.05 Å². The van der Waals surface area contributed by atoms with E-state index in [4.69, 9.17) is 4.74 Å². The lowest BCUT2D eigenvalue weighted by atomic mass is 10.1. The number of hydrogen-bond donors (Lipinski definition) is 2. The molecule has 1 aromatic heterocycles. The van der Waals surface area contributed by atoms with Crippen molar-refractivity contribution in [2.45, 2.75) is 27.2 Å². The van der Waals surface area contributed by atoms with Gasteiger partial charge >= 0.3 is 0 Å². The number of carbonyl (C=O) groups is 1. The number of benzene rings is 1. The first-order chi connectivity index (χ1) is 9.60. The Hall–Kier alpha value is -2.41. The van der Waals surface area contributed by atoms with Crippen LogP contribution in [0.2, 0.25) is 0 Å². The monoisotopic (exact) mass is 270 g/mol. The molecule has 2 rings (SSSR count). The van der Waals surface area contributed by atoms with Crippen molar-refractivity contribution in [3.05, 3.63) is 29.0 Å². The van der Waals surface area contributed by atoms with Gasteiger partial charge in [-0.2, -0.15) is 0 Å². The van der Waals surface area contributed by atoms with Gasteiger partial charge in [0.2, 0.25) is 0 Å². The van der Waals surface area contributed by atoms with E-state index in [9.17, 15) is 4.79 Å². The van der Waals surface area contributed by atoms with Crippen LogP contribution in [0.5, 0.6) is 5.75 Å². The summed E-state index contributed by atoms with van der Waals surface area (Å²) in [4.78, 5) is 15.1. The van der Waals surface area contributed by atoms with Crippen LogP contribution in [0.4, 0.5) is 0 Å². The smallest absolute Gasteiger partial charge is 0.271 e. The third-order valence-corrected chi connectivity index (χ3v) is 3.18. The Morgan fingerprint density at radius 1 is 1.35 bits per heavy atom. The highest BCUT2D eigenvalue weighted by molar-refractivity contribution is 6.05. The van der Waals surface area contributed by atoms with Gasteiger partial charge in [0, 0.05) is 18.9 Å². The van der Waals surface area contributed by atoms with E-state index in [-0.39, 0.29) is 5.91 Å². The standard InChI is InChI=1S/C16H18N2O2/c1-5-6-9-20-15-12-10(2)7-8-11(3)13(12)18-14(15)16(19)17-4/h7-8,18H,5H2,1-4H3,(H,17,19). The molecule has 4 heteroatoms. The van der Waals surface area contributed by atoms with Gasteiger partial charge in [-0.3, -0.25) is 4.79 Å². The highest BCUT2D eigenvalue weighted by atomic mass is 16.5. The first-order valence-electron chi connectivity index (χ1n) is 6.58. The Morgan fingerprint density at radius 3 is 2.70 bits per heavy atom. The summed E-state index contributed by atoms with van der Waals surface area (Å²) in [5, 5.41) is 3.52. The fourth-order valence-corrected chi connectivity index (χ4v) is 2.12. The minimum atomic E-state index is -0.215. The quantitative estimate of drug-likeness (QED) is 0.824. The van der Waals surface area contributed by atoms with Gasteiger partial charge in [0.05, 0.1) is 5.52 Å². The summed E-state index contributed by atoms with van der Waals surface area (Å²) in [5.41, 5.74) is 3.43. The zero-order valence-electron chi connectivity index (χ0n) is 12.2. The number of aryl methyl sites for hydroxylation is 2. The van der Waals surface area contributed by atoms with E-state index >= 15 is 0 Å². The highest BCUT2D eigenvalue weighted by Gasteiger charge is 2.20. The Balaban J connectivity index is 2.71. The maximum Gasteiger partial charge on any atom is 0.271 e. The summed E-state index contributed by atoms with van der Waals surface area (Å²) in [5.74, 6) is 3.14. The zero-order valence-corrected chi connectivity index (χ0v) is 12.2. The summed E-state index contributed by atoms with van der Waals surface area (Å²) < 4.78 is 5.54. The van der Waals surface area contributed by atoms with Crippen molar-refractivity contribution in [1.82, 2.24) is 10.3 Å². The van der Waals surface area contributed by atoms with Gasteiger partial charge in [-0.25, -0.2) is 0 Å². The lowest BCUT2D eigenvalue weighted by Crippen LogP contribution is -2.18. The Labute approximate surface area is 118 Å². The van der Waals surface area contributed by atoms with Crippen molar-refractivity contribution >= 4 is 16.8 Å². The molecule has 1 amide bonds. The summed E-state index contributed by atoms with van der Waals surface area (Å²) in [6.07, 6.45) is 3.35. The molecule has 104 valence electrons. The van der Waals surface area contributed by atoms with Crippen LogP contribution in [0.15, 0.2) is 12.1 Å². The van der Waals surface area contributed by atoms with Crippen molar-refractivity contribution in [3.63, 3.8) is 0 Å². The second-order valence-corrected chi connectivity index (χ2v) is 4.59. The number of fused-ring (bicyclic) bond motifs is 1. The van der Waals surface area contributed by atoms with Crippen LogP contribution in [0.1, 0.15) is 35.0 Å². The summed E-state index contributed by atoms with van der Waals surface area (Å²) >= 11 is 0. The van der Waals surface area contributed by atoms with E-state index in [0.717, 1.165) is 22.0 Å². The fourth-order valence-electron chi connectivity index (χ4n) is 2.12. The minimum absolute atomic E-state index is 0.215. The average molecular weight is 270 g/mol. The number of nitrogens with one attached hydrogen (secondary N) is 2. The highest BCUT2D eigenvalue weighted by Crippen LogP contribution is 2.34. The number of aromatic nitrogens is 1. The molecule has 0 aliphatic rings. The molecule has 4 nitrogen and oxygen atoms in total.